The van der Waals surface area contributed by atoms with Crippen LogP contribution in [0.4, 0.5) is 13.2 Å². The molecule has 1 atom stereocenters. The van der Waals surface area contributed by atoms with E-state index in [-0.39, 0.29) is 29.9 Å². The summed E-state index contributed by atoms with van der Waals surface area (Å²) in [5.41, 5.74) is -0.227. The Hall–Kier alpha value is -3.38. The number of rotatable bonds is 7. The van der Waals surface area contributed by atoms with Crippen LogP contribution in [0.15, 0.2) is 47.4 Å². The van der Waals surface area contributed by atoms with Gasteiger partial charge in [-0.15, -0.1) is 18.3 Å². The Morgan fingerprint density at radius 2 is 1.97 bits per heavy atom. The van der Waals surface area contributed by atoms with Crippen LogP contribution in [0, 0.1) is 0 Å². The van der Waals surface area contributed by atoms with E-state index in [4.69, 9.17) is 5.11 Å². The number of carbonyl (C=O) groups is 1. The third-order valence-electron chi connectivity index (χ3n) is 4.07. The maximum absolute atomic E-state index is 12.5. The second kappa shape index (κ2) is 8.55. The lowest BCUT2D eigenvalue weighted by Gasteiger charge is -2.13. The van der Waals surface area contributed by atoms with Crippen molar-refractivity contribution in [2.45, 2.75) is 25.6 Å². The van der Waals surface area contributed by atoms with Gasteiger partial charge in [-0.3, -0.25) is 4.79 Å². The first-order valence-electron chi connectivity index (χ1n) is 8.68. The fourth-order valence-electron chi connectivity index (χ4n) is 2.68. The molecule has 0 saturated heterocycles. The number of alkyl halides is 3. The predicted molar refractivity (Wildman–Crippen MR) is 96.8 cm³/mol. The minimum atomic E-state index is -4.87. The number of hydrogen-bond acceptors (Lipinski definition) is 6. The second-order valence-electron chi connectivity index (χ2n) is 6.29. The molecule has 0 aliphatic rings. The van der Waals surface area contributed by atoms with Crippen molar-refractivity contribution in [1.29, 1.82) is 0 Å². The molecular weight excluding hydrogens is 409 g/mol. The number of aliphatic hydroxyl groups is 2. The lowest BCUT2D eigenvalue weighted by Crippen LogP contribution is -2.29. The van der Waals surface area contributed by atoms with Gasteiger partial charge in [0.25, 0.3) is 5.91 Å². The number of para-hydroxylation sites is 1. The van der Waals surface area contributed by atoms with E-state index in [9.17, 15) is 27.9 Å². The van der Waals surface area contributed by atoms with E-state index >= 15 is 0 Å². The number of nitrogens with zero attached hydrogens (tertiary/aromatic N) is 3. The maximum atomic E-state index is 12.5. The number of amides is 1. The summed E-state index contributed by atoms with van der Waals surface area (Å²) in [5.74, 6) is -1.06. The Kier molecular flexibility index (Phi) is 6.08. The van der Waals surface area contributed by atoms with Gasteiger partial charge >= 0.3 is 12.1 Å². The molecule has 30 heavy (non-hydrogen) atoms. The Morgan fingerprint density at radius 3 is 2.67 bits per heavy atom. The summed E-state index contributed by atoms with van der Waals surface area (Å²) >= 11 is 0. The number of nitrogens with one attached hydrogen (secondary N) is 1. The minimum absolute atomic E-state index is 0.0704. The molecule has 0 aliphatic heterocycles. The zero-order valence-electron chi connectivity index (χ0n) is 15.3. The summed E-state index contributed by atoms with van der Waals surface area (Å²) in [6.07, 6.45) is -4.81. The summed E-state index contributed by atoms with van der Waals surface area (Å²) in [5, 5.41) is 24.8. The minimum Gasteiger partial charge on any atom is -0.405 e. The number of halogens is 3. The molecule has 0 radical (unpaired) electrons. The quantitative estimate of drug-likeness (QED) is 0.511. The standard InChI is InChI=1S/C18H17F3N4O5/c19-18(20,21)30-14-4-2-1-3-11(14)7-22-16(28)12-5-6-15-23-25(9-13(27)10-26)17(29)24(15)8-12/h1-6,8,13,26-27H,7,9-10H2,(H,22,28). The van der Waals surface area contributed by atoms with E-state index in [0.29, 0.717) is 0 Å². The zero-order chi connectivity index (χ0) is 21.9. The van der Waals surface area contributed by atoms with Crippen molar-refractivity contribution >= 4 is 11.6 Å². The molecule has 0 saturated carbocycles. The van der Waals surface area contributed by atoms with Gasteiger partial charge < -0.3 is 20.3 Å². The van der Waals surface area contributed by atoms with Crippen molar-refractivity contribution in [2.24, 2.45) is 0 Å². The van der Waals surface area contributed by atoms with Gasteiger partial charge in [0, 0.05) is 18.3 Å². The first-order valence-corrected chi connectivity index (χ1v) is 8.68. The van der Waals surface area contributed by atoms with Gasteiger partial charge in [-0.05, 0) is 18.2 Å². The Balaban J connectivity index is 1.76. The third kappa shape index (κ3) is 4.96. The van der Waals surface area contributed by atoms with E-state index < -0.39 is 36.4 Å². The van der Waals surface area contributed by atoms with Gasteiger partial charge in [0.05, 0.1) is 24.8 Å². The number of ether oxygens (including phenoxy) is 1. The summed E-state index contributed by atoms with van der Waals surface area (Å²) in [7, 11) is 0. The van der Waals surface area contributed by atoms with Gasteiger partial charge in [-0.1, -0.05) is 18.2 Å². The number of carbonyl (C=O) groups excluding carboxylic acids is 1. The number of benzene rings is 1. The highest BCUT2D eigenvalue weighted by atomic mass is 19.4. The van der Waals surface area contributed by atoms with Gasteiger partial charge in [0.15, 0.2) is 5.65 Å². The van der Waals surface area contributed by atoms with Crippen LogP contribution in [0.3, 0.4) is 0 Å². The molecule has 0 spiro atoms. The van der Waals surface area contributed by atoms with Crippen LogP contribution in [-0.4, -0.2) is 49.4 Å². The highest BCUT2D eigenvalue weighted by Gasteiger charge is 2.32. The summed E-state index contributed by atoms with van der Waals surface area (Å²) in [6.45, 7) is -1.01. The average molecular weight is 426 g/mol. The summed E-state index contributed by atoms with van der Waals surface area (Å²) < 4.78 is 43.5. The monoisotopic (exact) mass is 426 g/mol. The first kappa shape index (κ1) is 21.3. The van der Waals surface area contributed by atoms with Crippen LogP contribution in [0.5, 0.6) is 5.75 Å². The molecule has 2 heterocycles. The van der Waals surface area contributed by atoms with Crippen molar-refractivity contribution in [1.82, 2.24) is 19.5 Å². The molecule has 1 amide bonds. The van der Waals surface area contributed by atoms with Crippen molar-refractivity contribution in [3.05, 3.63) is 64.2 Å². The summed E-state index contributed by atoms with van der Waals surface area (Å²) in [4.78, 5) is 24.7. The van der Waals surface area contributed by atoms with Crippen molar-refractivity contribution in [2.75, 3.05) is 6.61 Å². The van der Waals surface area contributed by atoms with E-state index in [1.54, 1.807) is 0 Å². The molecule has 9 nitrogen and oxygen atoms in total. The number of pyridine rings is 1. The maximum Gasteiger partial charge on any atom is 0.573 e. The molecule has 1 aromatic carbocycles. The number of aliphatic hydroxyl groups excluding tert-OH is 2. The highest BCUT2D eigenvalue weighted by molar-refractivity contribution is 5.94. The molecule has 0 aliphatic carbocycles. The smallest absolute Gasteiger partial charge is 0.405 e. The molecule has 3 N–H and O–H groups in total. The largest absolute Gasteiger partial charge is 0.573 e. The van der Waals surface area contributed by atoms with Crippen molar-refractivity contribution in [3.8, 4) is 5.75 Å². The average Bonchev–Trinajstić information content (AvgIpc) is 3.00. The molecule has 0 bridgehead atoms. The molecule has 3 aromatic rings. The van der Waals surface area contributed by atoms with Crippen LogP contribution >= 0.6 is 0 Å². The highest BCUT2D eigenvalue weighted by Crippen LogP contribution is 2.26. The lowest BCUT2D eigenvalue weighted by atomic mass is 10.2. The van der Waals surface area contributed by atoms with Crippen LogP contribution in [-0.2, 0) is 13.1 Å². The van der Waals surface area contributed by atoms with Gasteiger partial charge in [0.1, 0.15) is 5.75 Å². The zero-order valence-corrected chi connectivity index (χ0v) is 15.3. The van der Waals surface area contributed by atoms with E-state index in [2.05, 4.69) is 15.2 Å². The van der Waals surface area contributed by atoms with E-state index in [0.717, 1.165) is 15.1 Å². The SMILES string of the molecule is O=C(NCc1ccccc1OC(F)(F)F)c1ccc2nn(CC(O)CO)c(=O)n2c1. The topological polar surface area (TPSA) is 118 Å². The number of hydrogen-bond donors (Lipinski definition) is 3. The van der Waals surface area contributed by atoms with E-state index in [1.807, 2.05) is 0 Å². The molecule has 2 aromatic heterocycles. The molecular formula is C18H17F3N4O5. The second-order valence-corrected chi connectivity index (χ2v) is 6.29. The Morgan fingerprint density at radius 1 is 1.23 bits per heavy atom. The van der Waals surface area contributed by atoms with Crippen molar-refractivity contribution in [3.63, 3.8) is 0 Å². The fraction of sp³-hybridized carbons (Fsp3) is 0.278. The molecule has 1 unspecified atom stereocenters. The lowest BCUT2D eigenvalue weighted by molar-refractivity contribution is -0.274. The Bertz CT molecular complexity index is 1110. The number of fused-ring (bicyclic) bond motifs is 1. The van der Waals surface area contributed by atoms with Crippen LogP contribution in [0.25, 0.3) is 5.65 Å². The number of aromatic nitrogens is 3. The molecule has 0 fully saturated rings. The first-order chi connectivity index (χ1) is 14.2. The van der Waals surface area contributed by atoms with E-state index in [1.165, 1.54) is 36.5 Å². The fourth-order valence-corrected chi connectivity index (χ4v) is 2.68. The van der Waals surface area contributed by atoms with Gasteiger partial charge in [-0.2, -0.15) is 0 Å². The van der Waals surface area contributed by atoms with Gasteiger partial charge in [-0.25, -0.2) is 13.9 Å². The molecule has 3 rings (SSSR count). The Labute approximate surface area is 166 Å². The predicted octanol–water partition coefficient (Wildman–Crippen LogP) is 0.678. The summed E-state index contributed by atoms with van der Waals surface area (Å²) in [6, 6.07) is 8.19. The van der Waals surface area contributed by atoms with Gasteiger partial charge in [0.2, 0.25) is 0 Å². The third-order valence-corrected chi connectivity index (χ3v) is 4.07. The molecule has 160 valence electrons. The molecule has 12 heteroatoms. The van der Waals surface area contributed by atoms with Crippen LogP contribution in [0.2, 0.25) is 0 Å². The van der Waals surface area contributed by atoms with Crippen molar-refractivity contribution < 1.29 is 32.9 Å². The normalized spacial score (nSPS) is 12.7. The van der Waals surface area contributed by atoms with Crippen LogP contribution < -0.4 is 15.7 Å². The van der Waals surface area contributed by atoms with Crippen LogP contribution in [0.1, 0.15) is 15.9 Å².